The molecule has 2 atom stereocenters. The number of aliphatic hydroxyl groups is 1. The van der Waals surface area contributed by atoms with Crippen molar-refractivity contribution >= 4 is 17.7 Å². The Bertz CT molecular complexity index is 725. The molecule has 0 aliphatic heterocycles. The van der Waals surface area contributed by atoms with Gasteiger partial charge in [-0.2, -0.15) is 11.8 Å². The molecular formula is C50H103NO4S. The first-order chi connectivity index (χ1) is 27.5. The molecule has 2 unspecified atom stereocenters. The second-order valence-corrected chi connectivity index (χ2v) is 17.8. The molecule has 56 heavy (non-hydrogen) atoms. The van der Waals surface area contributed by atoms with Crippen LogP contribution in [0, 0.1) is 5.92 Å². The van der Waals surface area contributed by atoms with E-state index in [0.29, 0.717) is 19.3 Å². The van der Waals surface area contributed by atoms with Crippen LogP contribution in [-0.4, -0.2) is 74.0 Å². The van der Waals surface area contributed by atoms with Crippen LogP contribution in [0.25, 0.3) is 0 Å². The summed E-state index contributed by atoms with van der Waals surface area (Å²) in [6, 6.07) is 0. The van der Waals surface area contributed by atoms with Gasteiger partial charge in [-0.1, -0.05) is 188 Å². The molecule has 338 valence electrons. The Kier molecular flexibility index (Phi) is 52.5. The van der Waals surface area contributed by atoms with Crippen molar-refractivity contribution < 1.29 is 19.4 Å². The van der Waals surface area contributed by atoms with Gasteiger partial charge < -0.3 is 19.5 Å². The second-order valence-electron chi connectivity index (χ2n) is 17.0. The lowest BCUT2D eigenvalue weighted by Crippen LogP contribution is -2.27. The maximum atomic E-state index is 13.0. The van der Waals surface area contributed by atoms with Gasteiger partial charge in [-0.3, -0.25) is 4.79 Å². The molecule has 0 aromatic carbocycles. The molecule has 6 heteroatoms. The lowest BCUT2D eigenvalue weighted by atomic mass is 9.94. The monoisotopic (exact) mass is 814 g/mol. The summed E-state index contributed by atoms with van der Waals surface area (Å²) >= 11 is 1.75. The maximum absolute atomic E-state index is 13.0. The van der Waals surface area contributed by atoms with Gasteiger partial charge in [-0.05, 0) is 96.4 Å². The number of ether oxygens (including phenoxy) is 2. The van der Waals surface area contributed by atoms with Gasteiger partial charge >= 0.3 is 5.97 Å². The number of carbonyl (C=O) groups excluding carboxylic acids is 1. The molecule has 0 radical (unpaired) electrons. The summed E-state index contributed by atoms with van der Waals surface area (Å²) in [4.78, 5) is 15.6. The summed E-state index contributed by atoms with van der Waals surface area (Å²) in [5.74, 6) is 0.178. The summed E-state index contributed by atoms with van der Waals surface area (Å²) in [7, 11) is 0. The van der Waals surface area contributed by atoms with Crippen LogP contribution in [0.4, 0.5) is 0 Å². The summed E-state index contributed by atoms with van der Waals surface area (Å²) in [6.07, 6.45) is 48.1. The zero-order chi connectivity index (χ0) is 41.4. The summed E-state index contributed by atoms with van der Waals surface area (Å²) < 4.78 is 12.3. The number of rotatable bonds is 45. The van der Waals surface area contributed by atoms with E-state index in [1.54, 1.807) is 11.8 Å². The Hall–Kier alpha value is -0.300. The number of esters is 1. The van der Waals surface area contributed by atoms with Crippen LogP contribution >= 0.6 is 11.8 Å². The van der Waals surface area contributed by atoms with E-state index in [9.17, 15) is 9.90 Å². The van der Waals surface area contributed by atoms with Gasteiger partial charge in [-0.15, -0.1) is 0 Å². The number of carbonyl (C=O) groups is 1. The number of nitrogens with zero attached hydrogens (tertiary/aromatic N) is 1. The van der Waals surface area contributed by atoms with Crippen molar-refractivity contribution in [3.63, 3.8) is 0 Å². The molecule has 1 N–H and O–H groups in total. The molecule has 0 saturated heterocycles. The van der Waals surface area contributed by atoms with E-state index < -0.39 is 0 Å². The van der Waals surface area contributed by atoms with Crippen molar-refractivity contribution in [2.75, 3.05) is 52.0 Å². The Morgan fingerprint density at radius 3 is 1.27 bits per heavy atom. The first-order valence-corrected chi connectivity index (χ1v) is 26.7. The molecular weight excluding hydrogens is 711 g/mol. The van der Waals surface area contributed by atoms with Crippen molar-refractivity contribution in [3.8, 4) is 0 Å². The highest BCUT2D eigenvalue weighted by molar-refractivity contribution is 7.97. The van der Waals surface area contributed by atoms with E-state index in [1.807, 2.05) is 12.5 Å². The van der Waals surface area contributed by atoms with Crippen molar-refractivity contribution in [2.24, 2.45) is 5.92 Å². The first kappa shape index (κ1) is 57.8. The van der Waals surface area contributed by atoms with Gasteiger partial charge in [0.1, 0.15) is 0 Å². The number of aliphatic hydroxyl groups excluding tert-OH is 1. The van der Waals surface area contributed by atoms with E-state index in [0.717, 1.165) is 64.6 Å². The van der Waals surface area contributed by atoms with Crippen molar-refractivity contribution in [3.05, 3.63) is 0 Å². The fraction of sp³-hybridized carbons (Fsp3) is 0.980. The van der Waals surface area contributed by atoms with Crippen LogP contribution in [0.2, 0.25) is 0 Å². The summed E-state index contributed by atoms with van der Waals surface area (Å²) in [5.41, 5.74) is 0. The molecule has 0 aliphatic carbocycles. The SMILES string of the molecule is CCCCCCCCOC(CCCCCCCC)CCCCCN(CCCCO)CCCCCCOC(=O)C(CCCCCC)CCCCCCCC.CSC. The van der Waals surface area contributed by atoms with E-state index in [1.165, 1.54) is 186 Å². The lowest BCUT2D eigenvalue weighted by molar-refractivity contribution is -0.149. The van der Waals surface area contributed by atoms with E-state index in [4.69, 9.17) is 9.47 Å². The molecule has 0 aliphatic rings. The molecule has 0 amide bonds. The lowest BCUT2D eigenvalue weighted by Gasteiger charge is -2.23. The number of hydrogen-bond donors (Lipinski definition) is 1. The van der Waals surface area contributed by atoms with Gasteiger partial charge in [0, 0.05) is 13.2 Å². The minimum absolute atomic E-state index is 0.0724. The van der Waals surface area contributed by atoms with Gasteiger partial charge in [0.05, 0.1) is 18.6 Å². The number of unbranched alkanes of at least 4 members (excludes halogenated alkanes) is 24. The van der Waals surface area contributed by atoms with Gasteiger partial charge in [0.15, 0.2) is 0 Å². The van der Waals surface area contributed by atoms with Crippen molar-refractivity contribution in [1.82, 2.24) is 4.90 Å². The molecule has 0 fully saturated rings. The highest BCUT2D eigenvalue weighted by atomic mass is 32.2. The number of thioether (sulfide) groups is 1. The largest absolute Gasteiger partial charge is 0.465 e. The van der Waals surface area contributed by atoms with E-state index >= 15 is 0 Å². The maximum Gasteiger partial charge on any atom is 0.308 e. The van der Waals surface area contributed by atoms with Crippen LogP contribution in [0.3, 0.4) is 0 Å². The number of hydrogen-bond acceptors (Lipinski definition) is 6. The third-order valence-corrected chi connectivity index (χ3v) is 11.4. The minimum Gasteiger partial charge on any atom is -0.465 e. The normalized spacial score (nSPS) is 12.5. The standard InChI is InChI=1S/C48H97NO4.C2H6S/c1-5-9-13-17-20-27-37-46(36-26-16-12-8-4)48(51)53-45-35-24-22-30-40-49(42-32-33-43-50)41-31-25-29-39-47(38-28-21-18-14-10-6-2)52-44-34-23-19-15-11-7-3;1-3-2/h46-47,50H,5-45H2,1-4H3;1-2H3. The highest BCUT2D eigenvalue weighted by Crippen LogP contribution is 2.21. The molecule has 0 spiro atoms. The van der Waals surface area contributed by atoms with Crippen LogP contribution in [0.5, 0.6) is 0 Å². The molecule has 0 rings (SSSR count). The van der Waals surface area contributed by atoms with Gasteiger partial charge in [-0.25, -0.2) is 0 Å². The van der Waals surface area contributed by atoms with E-state index in [2.05, 4.69) is 32.6 Å². The second kappa shape index (κ2) is 50.8. The zero-order valence-corrected chi connectivity index (χ0v) is 40.0. The summed E-state index contributed by atoms with van der Waals surface area (Å²) in [6.45, 7) is 14.3. The molecule has 0 saturated carbocycles. The Balaban J connectivity index is 0. The third-order valence-electron chi connectivity index (χ3n) is 11.4. The average Bonchev–Trinajstić information content (AvgIpc) is 3.20. The van der Waals surface area contributed by atoms with Crippen LogP contribution in [0.1, 0.15) is 252 Å². The Morgan fingerprint density at radius 1 is 0.464 bits per heavy atom. The minimum atomic E-state index is 0.0724. The topological polar surface area (TPSA) is 59.0 Å². The molecule has 0 heterocycles. The molecule has 0 aromatic rings. The smallest absolute Gasteiger partial charge is 0.308 e. The predicted molar refractivity (Wildman–Crippen MR) is 251 cm³/mol. The van der Waals surface area contributed by atoms with Gasteiger partial charge in [0.25, 0.3) is 0 Å². The first-order valence-electron chi connectivity index (χ1n) is 25.1. The zero-order valence-electron chi connectivity index (χ0n) is 39.2. The average molecular weight is 814 g/mol. The van der Waals surface area contributed by atoms with Gasteiger partial charge in [0.2, 0.25) is 0 Å². The fourth-order valence-corrected chi connectivity index (χ4v) is 7.71. The highest BCUT2D eigenvalue weighted by Gasteiger charge is 2.19. The predicted octanol–water partition coefficient (Wildman–Crippen LogP) is 15.5. The molecule has 5 nitrogen and oxygen atoms in total. The van der Waals surface area contributed by atoms with E-state index in [-0.39, 0.29) is 11.9 Å². The molecule has 0 aromatic heterocycles. The van der Waals surface area contributed by atoms with Crippen LogP contribution in [0.15, 0.2) is 0 Å². The quantitative estimate of drug-likeness (QED) is 0.0488. The fourth-order valence-electron chi connectivity index (χ4n) is 7.71. The third kappa shape index (κ3) is 44.8. The Labute approximate surface area is 357 Å². The molecule has 0 bridgehead atoms. The van der Waals surface area contributed by atoms with Crippen molar-refractivity contribution in [2.45, 2.75) is 259 Å². The summed E-state index contributed by atoms with van der Waals surface area (Å²) in [5, 5.41) is 9.37. The van der Waals surface area contributed by atoms with Crippen LogP contribution < -0.4 is 0 Å². The van der Waals surface area contributed by atoms with Crippen molar-refractivity contribution in [1.29, 1.82) is 0 Å². The van der Waals surface area contributed by atoms with Crippen LogP contribution in [-0.2, 0) is 14.3 Å². The Morgan fingerprint density at radius 2 is 0.804 bits per heavy atom.